The molecule has 0 aliphatic carbocycles. The van der Waals surface area contributed by atoms with E-state index in [1.807, 2.05) is 38.1 Å². The van der Waals surface area contributed by atoms with E-state index in [4.69, 9.17) is 10.5 Å². The Morgan fingerprint density at radius 3 is 2.29 bits per heavy atom. The highest BCUT2D eigenvalue weighted by Gasteiger charge is 2.01. The van der Waals surface area contributed by atoms with Crippen molar-refractivity contribution < 1.29 is 4.74 Å². The molecule has 2 heteroatoms. The molecule has 1 aromatic carbocycles. The quantitative estimate of drug-likeness (QED) is 0.742. The van der Waals surface area contributed by atoms with Crippen LogP contribution < -0.4 is 10.5 Å². The fourth-order valence-electron chi connectivity index (χ4n) is 1.11. The van der Waals surface area contributed by atoms with Crippen molar-refractivity contribution in [3.63, 3.8) is 0 Å². The van der Waals surface area contributed by atoms with Crippen LogP contribution in [-0.2, 0) is 0 Å². The molecule has 0 heterocycles. The molecule has 14 heavy (non-hydrogen) atoms. The average Bonchev–Trinajstić information content (AvgIpc) is 2.18. The van der Waals surface area contributed by atoms with Gasteiger partial charge in [-0.05, 0) is 31.5 Å². The van der Waals surface area contributed by atoms with Crippen LogP contribution in [0.15, 0.2) is 36.9 Å². The molecule has 0 saturated carbocycles. The van der Waals surface area contributed by atoms with Crippen LogP contribution in [0, 0.1) is 0 Å². The summed E-state index contributed by atoms with van der Waals surface area (Å²) < 4.78 is 5.54. The number of hydrogen-bond donors (Lipinski definition) is 1. The number of ether oxygens (including phenoxy) is 1. The van der Waals surface area contributed by atoms with Crippen LogP contribution in [0.1, 0.15) is 25.5 Å². The van der Waals surface area contributed by atoms with Gasteiger partial charge in [-0.3, -0.25) is 0 Å². The first-order valence-corrected chi connectivity index (χ1v) is 4.78. The molecule has 0 fully saturated rings. The predicted molar refractivity (Wildman–Crippen MR) is 59.3 cm³/mol. The summed E-state index contributed by atoms with van der Waals surface area (Å²) >= 11 is 0. The first-order valence-electron chi connectivity index (χ1n) is 4.78. The summed E-state index contributed by atoms with van der Waals surface area (Å²) in [5.41, 5.74) is 6.85. The molecule has 2 atom stereocenters. The zero-order valence-corrected chi connectivity index (χ0v) is 8.73. The van der Waals surface area contributed by atoms with E-state index in [1.165, 1.54) is 0 Å². The lowest BCUT2D eigenvalue weighted by Crippen LogP contribution is -2.08. The zero-order valence-electron chi connectivity index (χ0n) is 8.73. The zero-order chi connectivity index (χ0) is 10.6. The number of hydrogen-bond acceptors (Lipinski definition) is 2. The van der Waals surface area contributed by atoms with Crippen LogP contribution in [0.5, 0.6) is 5.75 Å². The number of rotatable bonds is 4. The van der Waals surface area contributed by atoms with Crippen molar-refractivity contribution in [1.29, 1.82) is 0 Å². The first-order chi connectivity index (χ1) is 6.63. The van der Waals surface area contributed by atoms with Crippen LogP contribution in [0.4, 0.5) is 0 Å². The molecule has 0 aliphatic heterocycles. The largest absolute Gasteiger partial charge is 0.487 e. The Balaban J connectivity index is 2.68. The molecule has 0 aromatic heterocycles. The molecule has 1 aromatic rings. The first kappa shape index (κ1) is 10.8. The van der Waals surface area contributed by atoms with Gasteiger partial charge in [-0.1, -0.05) is 24.8 Å². The summed E-state index contributed by atoms with van der Waals surface area (Å²) in [4.78, 5) is 0. The van der Waals surface area contributed by atoms with Crippen LogP contribution >= 0.6 is 0 Å². The number of benzene rings is 1. The van der Waals surface area contributed by atoms with E-state index < -0.39 is 0 Å². The molecular weight excluding hydrogens is 174 g/mol. The highest BCUT2D eigenvalue weighted by Crippen LogP contribution is 2.17. The Morgan fingerprint density at radius 2 is 1.86 bits per heavy atom. The smallest absolute Gasteiger partial charge is 0.120 e. The van der Waals surface area contributed by atoms with Crippen LogP contribution in [0.3, 0.4) is 0 Å². The van der Waals surface area contributed by atoms with Crippen molar-refractivity contribution in [2.24, 2.45) is 5.73 Å². The van der Waals surface area contributed by atoms with Gasteiger partial charge < -0.3 is 10.5 Å². The molecular formula is C12H17NO. The van der Waals surface area contributed by atoms with E-state index in [0.29, 0.717) is 0 Å². The minimum atomic E-state index is 0.0381. The Kier molecular flexibility index (Phi) is 3.72. The van der Waals surface area contributed by atoms with Crippen molar-refractivity contribution in [2.75, 3.05) is 0 Å². The molecule has 0 bridgehead atoms. The van der Waals surface area contributed by atoms with E-state index in [2.05, 4.69) is 6.58 Å². The van der Waals surface area contributed by atoms with Gasteiger partial charge in [0.15, 0.2) is 0 Å². The van der Waals surface area contributed by atoms with E-state index >= 15 is 0 Å². The third-order valence-electron chi connectivity index (χ3n) is 2.06. The fourth-order valence-corrected chi connectivity index (χ4v) is 1.11. The van der Waals surface area contributed by atoms with Gasteiger partial charge in [-0.25, -0.2) is 0 Å². The summed E-state index contributed by atoms with van der Waals surface area (Å²) in [5, 5.41) is 0. The Labute approximate surface area is 85.4 Å². The second kappa shape index (κ2) is 4.82. The molecule has 2 N–H and O–H groups in total. The van der Waals surface area contributed by atoms with E-state index in [1.54, 1.807) is 6.08 Å². The maximum absolute atomic E-state index is 5.73. The SMILES string of the molecule is C=CC(C)Oc1ccc([C@@H](C)N)cc1. The molecule has 0 amide bonds. The second-order valence-corrected chi connectivity index (χ2v) is 3.42. The molecule has 0 spiro atoms. The topological polar surface area (TPSA) is 35.2 Å². The Morgan fingerprint density at radius 1 is 1.29 bits per heavy atom. The standard InChI is InChI=1S/C12H17NO/c1-4-9(2)14-12-7-5-11(6-8-12)10(3)13/h4-10H,1,13H2,2-3H3/t9?,10-/m1/s1. The highest BCUT2D eigenvalue weighted by molar-refractivity contribution is 5.29. The monoisotopic (exact) mass is 191 g/mol. The lowest BCUT2D eigenvalue weighted by molar-refractivity contribution is 0.270. The normalized spacial score (nSPS) is 14.5. The molecule has 1 unspecified atom stereocenters. The molecule has 76 valence electrons. The minimum Gasteiger partial charge on any atom is -0.487 e. The van der Waals surface area contributed by atoms with Crippen LogP contribution in [0.25, 0.3) is 0 Å². The van der Waals surface area contributed by atoms with E-state index in [9.17, 15) is 0 Å². The average molecular weight is 191 g/mol. The van der Waals surface area contributed by atoms with Gasteiger partial charge in [0.05, 0.1) is 0 Å². The van der Waals surface area contributed by atoms with Crippen LogP contribution in [-0.4, -0.2) is 6.10 Å². The Hall–Kier alpha value is -1.28. The molecule has 1 rings (SSSR count). The van der Waals surface area contributed by atoms with Gasteiger partial charge in [0.25, 0.3) is 0 Å². The van der Waals surface area contributed by atoms with Gasteiger partial charge in [0, 0.05) is 6.04 Å². The lowest BCUT2D eigenvalue weighted by Gasteiger charge is -2.11. The van der Waals surface area contributed by atoms with Crippen molar-refractivity contribution in [1.82, 2.24) is 0 Å². The Bertz CT molecular complexity index is 290. The number of nitrogens with two attached hydrogens (primary N) is 1. The van der Waals surface area contributed by atoms with Gasteiger partial charge in [0.1, 0.15) is 11.9 Å². The summed E-state index contributed by atoms with van der Waals surface area (Å²) in [5.74, 6) is 0.849. The summed E-state index contributed by atoms with van der Waals surface area (Å²) in [6.45, 7) is 7.57. The molecule has 0 aliphatic rings. The molecule has 2 nitrogen and oxygen atoms in total. The maximum atomic E-state index is 5.73. The van der Waals surface area contributed by atoms with Crippen molar-refractivity contribution in [2.45, 2.75) is 26.0 Å². The fraction of sp³-hybridized carbons (Fsp3) is 0.333. The van der Waals surface area contributed by atoms with Gasteiger partial charge in [-0.15, -0.1) is 0 Å². The summed E-state index contributed by atoms with van der Waals surface area (Å²) in [6.07, 6.45) is 1.80. The summed E-state index contributed by atoms with van der Waals surface area (Å²) in [7, 11) is 0. The van der Waals surface area contributed by atoms with Gasteiger partial charge in [-0.2, -0.15) is 0 Å². The van der Waals surface area contributed by atoms with Gasteiger partial charge >= 0.3 is 0 Å². The van der Waals surface area contributed by atoms with Crippen LogP contribution in [0.2, 0.25) is 0 Å². The highest BCUT2D eigenvalue weighted by atomic mass is 16.5. The predicted octanol–water partition coefficient (Wildman–Crippen LogP) is 2.66. The van der Waals surface area contributed by atoms with Crippen molar-refractivity contribution >= 4 is 0 Å². The maximum Gasteiger partial charge on any atom is 0.120 e. The third-order valence-corrected chi connectivity index (χ3v) is 2.06. The molecule has 0 saturated heterocycles. The summed E-state index contributed by atoms with van der Waals surface area (Å²) in [6, 6.07) is 7.89. The molecule has 0 radical (unpaired) electrons. The minimum absolute atomic E-state index is 0.0381. The van der Waals surface area contributed by atoms with E-state index in [-0.39, 0.29) is 12.1 Å². The van der Waals surface area contributed by atoms with Crippen molar-refractivity contribution in [3.8, 4) is 5.75 Å². The second-order valence-electron chi connectivity index (χ2n) is 3.42. The van der Waals surface area contributed by atoms with Crippen molar-refractivity contribution in [3.05, 3.63) is 42.5 Å². The lowest BCUT2D eigenvalue weighted by atomic mass is 10.1. The van der Waals surface area contributed by atoms with Gasteiger partial charge in [0.2, 0.25) is 0 Å². The third kappa shape index (κ3) is 2.89. The van der Waals surface area contributed by atoms with E-state index in [0.717, 1.165) is 11.3 Å².